The average molecular weight is 313 g/mol. The quantitative estimate of drug-likeness (QED) is 0.542. The summed E-state index contributed by atoms with van der Waals surface area (Å²) < 4.78 is 13.3. The van der Waals surface area contributed by atoms with Crippen LogP contribution in [0.1, 0.15) is 42.5 Å². The van der Waals surface area contributed by atoms with Gasteiger partial charge in [-0.25, -0.2) is 4.39 Å². The fraction of sp³-hybridized carbons (Fsp3) is 0.467. The van der Waals surface area contributed by atoms with E-state index < -0.39 is 5.97 Å². The molecule has 1 aromatic carbocycles. The van der Waals surface area contributed by atoms with Crippen LogP contribution in [0.2, 0.25) is 0 Å². The Hall–Kier alpha value is -1.56. The van der Waals surface area contributed by atoms with Crippen LogP contribution in [0.4, 0.5) is 4.39 Å². The van der Waals surface area contributed by atoms with Crippen molar-refractivity contribution in [2.45, 2.75) is 37.0 Å². The molecule has 0 fully saturated rings. The maximum Gasteiger partial charge on any atom is 0.303 e. The Kier molecular flexibility index (Phi) is 7.82. The second kappa shape index (κ2) is 9.39. The summed E-state index contributed by atoms with van der Waals surface area (Å²) in [4.78, 5) is 22.7. The maximum absolute atomic E-state index is 13.3. The van der Waals surface area contributed by atoms with Gasteiger partial charge in [0.1, 0.15) is 5.82 Å². The molecule has 0 aliphatic rings. The minimum Gasteiger partial charge on any atom is -0.481 e. The van der Waals surface area contributed by atoms with E-state index in [2.05, 4.69) is 5.32 Å². The first kappa shape index (κ1) is 17.5. The molecule has 0 bridgehead atoms. The SMILES string of the molecule is CSc1cc(C(=O)NCCCCCCC(=O)O)ccc1F. The third-order valence-corrected chi connectivity index (χ3v) is 3.77. The molecular weight excluding hydrogens is 293 g/mol. The fourth-order valence-electron chi connectivity index (χ4n) is 1.86. The van der Waals surface area contributed by atoms with Crippen LogP contribution >= 0.6 is 11.8 Å². The molecule has 0 radical (unpaired) electrons. The number of rotatable bonds is 9. The number of aliphatic carboxylic acids is 1. The minimum atomic E-state index is -0.774. The van der Waals surface area contributed by atoms with Crippen molar-refractivity contribution in [3.8, 4) is 0 Å². The Morgan fingerprint density at radius 3 is 2.62 bits per heavy atom. The van der Waals surface area contributed by atoms with Gasteiger partial charge in [0, 0.05) is 23.4 Å². The first-order valence-corrected chi connectivity index (χ1v) is 8.10. The molecule has 0 aromatic heterocycles. The van der Waals surface area contributed by atoms with Crippen molar-refractivity contribution in [1.29, 1.82) is 0 Å². The second-order valence-corrected chi connectivity index (χ2v) is 5.51. The van der Waals surface area contributed by atoms with Gasteiger partial charge < -0.3 is 10.4 Å². The summed E-state index contributed by atoms with van der Waals surface area (Å²) in [6, 6.07) is 4.31. The molecule has 1 rings (SSSR count). The highest BCUT2D eigenvalue weighted by Crippen LogP contribution is 2.20. The highest BCUT2D eigenvalue weighted by molar-refractivity contribution is 7.98. The topological polar surface area (TPSA) is 66.4 Å². The average Bonchev–Trinajstić information content (AvgIpc) is 2.46. The predicted octanol–water partition coefficient (Wildman–Crippen LogP) is 3.31. The lowest BCUT2D eigenvalue weighted by atomic mass is 10.1. The highest BCUT2D eigenvalue weighted by Gasteiger charge is 2.08. The molecular formula is C15H20FNO3S. The molecule has 0 aliphatic carbocycles. The van der Waals surface area contributed by atoms with E-state index in [0.29, 0.717) is 23.4 Å². The lowest BCUT2D eigenvalue weighted by Crippen LogP contribution is -2.24. The summed E-state index contributed by atoms with van der Waals surface area (Å²) in [5.74, 6) is -1.31. The van der Waals surface area contributed by atoms with Crippen molar-refractivity contribution in [3.63, 3.8) is 0 Å². The van der Waals surface area contributed by atoms with Gasteiger partial charge in [0.25, 0.3) is 5.91 Å². The lowest BCUT2D eigenvalue weighted by Gasteiger charge is -2.07. The Balaban J connectivity index is 2.26. The summed E-state index contributed by atoms with van der Waals surface area (Å²) in [5.41, 5.74) is 0.451. The number of unbranched alkanes of at least 4 members (excludes halogenated alkanes) is 3. The Morgan fingerprint density at radius 2 is 1.95 bits per heavy atom. The van der Waals surface area contributed by atoms with Crippen LogP contribution in [0.25, 0.3) is 0 Å². The Labute approximate surface area is 128 Å². The maximum atomic E-state index is 13.3. The van der Waals surface area contributed by atoms with Crippen molar-refractivity contribution in [3.05, 3.63) is 29.6 Å². The normalized spacial score (nSPS) is 10.4. The van der Waals surface area contributed by atoms with E-state index in [4.69, 9.17) is 5.11 Å². The molecule has 1 amide bonds. The van der Waals surface area contributed by atoms with Crippen LogP contribution in [0.5, 0.6) is 0 Å². The van der Waals surface area contributed by atoms with Gasteiger partial charge in [0.05, 0.1) is 0 Å². The molecule has 6 heteroatoms. The van der Waals surface area contributed by atoms with E-state index >= 15 is 0 Å². The van der Waals surface area contributed by atoms with Gasteiger partial charge in [-0.15, -0.1) is 11.8 Å². The van der Waals surface area contributed by atoms with Gasteiger partial charge in [-0.1, -0.05) is 12.8 Å². The number of halogens is 1. The van der Waals surface area contributed by atoms with Gasteiger partial charge in [-0.05, 0) is 37.3 Å². The number of nitrogens with one attached hydrogen (secondary N) is 1. The zero-order chi connectivity index (χ0) is 15.7. The molecule has 0 heterocycles. The first-order valence-electron chi connectivity index (χ1n) is 6.88. The number of carbonyl (C=O) groups excluding carboxylic acids is 1. The molecule has 0 saturated heterocycles. The molecule has 0 aliphatic heterocycles. The number of amides is 1. The molecule has 0 spiro atoms. The summed E-state index contributed by atoms with van der Waals surface area (Å²) in [6.45, 7) is 0.540. The van der Waals surface area contributed by atoms with E-state index in [1.54, 1.807) is 12.3 Å². The lowest BCUT2D eigenvalue weighted by molar-refractivity contribution is -0.137. The van der Waals surface area contributed by atoms with Gasteiger partial charge in [0.15, 0.2) is 0 Å². The molecule has 0 saturated carbocycles. The van der Waals surface area contributed by atoms with Crippen LogP contribution in [-0.4, -0.2) is 29.8 Å². The van der Waals surface area contributed by atoms with Crippen LogP contribution in [0.3, 0.4) is 0 Å². The third kappa shape index (κ3) is 6.62. The van der Waals surface area contributed by atoms with Gasteiger partial charge in [-0.2, -0.15) is 0 Å². The Bertz CT molecular complexity index is 494. The summed E-state index contributed by atoms with van der Waals surface area (Å²) in [7, 11) is 0. The summed E-state index contributed by atoms with van der Waals surface area (Å²) in [5, 5.41) is 11.3. The molecule has 21 heavy (non-hydrogen) atoms. The molecule has 2 N–H and O–H groups in total. The van der Waals surface area contributed by atoms with E-state index in [1.807, 2.05) is 0 Å². The molecule has 4 nitrogen and oxygen atoms in total. The number of carboxylic acid groups (broad SMARTS) is 1. The third-order valence-electron chi connectivity index (χ3n) is 3.02. The molecule has 0 atom stereocenters. The summed E-state index contributed by atoms with van der Waals surface area (Å²) >= 11 is 1.26. The van der Waals surface area contributed by atoms with E-state index in [1.165, 1.54) is 23.9 Å². The monoisotopic (exact) mass is 313 g/mol. The number of benzene rings is 1. The number of carbonyl (C=O) groups is 2. The molecule has 0 unspecified atom stereocenters. The van der Waals surface area contributed by atoms with E-state index in [9.17, 15) is 14.0 Å². The number of hydrogen-bond donors (Lipinski definition) is 2. The van der Waals surface area contributed by atoms with Crippen molar-refractivity contribution >= 4 is 23.6 Å². The van der Waals surface area contributed by atoms with Gasteiger partial charge >= 0.3 is 5.97 Å². The Morgan fingerprint density at radius 1 is 1.24 bits per heavy atom. The highest BCUT2D eigenvalue weighted by atomic mass is 32.2. The van der Waals surface area contributed by atoms with Crippen LogP contribution in [0.15, 0.2) is 23.1 Å². The predicted molar refractivity (Wildman–Crippen MR) is 81.2 cm³/mol. The summed E-state index contributed by atoms with van der Waals surface area (Å²) in [6.07, 6.45) is 5.15. The van der Waals surface area contributed by atoms with E-state index in [0.717, 1.165) is 19.3 Å². The van der Waals surface area contributed by atoms with Crippen LogP contribution in [0, 0.1) is 5.82 Å². The second-order valence-electron chi connectivity index (χ2n) is 4.66. The molecule has 1 aromatic rings. The number of hydrogen-bond acceptors (Lipinski definition) is 3. The molecule has 116 valence electrons. The van der Waals surface area contributed by atoms with Crippen molar-refractivity contribution in [1.82, 2.24) is 5.32 Å². The van der Waals surface area contributed by atoms with Crippen LogP contribution in [-0.2, 0) is 4.79 Å². The first-order chi connectivity index (χ1) is 10.0. The van der Waals surface area contributed by atoms with Gasteiger partial charge in [-0.3, -0.25) is 9.59 Å². The smallest absolute Gasteiger partial charge is 0.303 e. The van der Waals surface area contributed by atoms with Crippen molar-refractivity contribution < 1.29 is 19.1 Å². The van der Waals surface area contributed by atoms with Crippen molar-refractivity contribution in [2.24, 2.45) is 0 Å². The largest absolute Gasteiger partial charge is 0.481 e. The fourth-order valence-corrected chi connectivity index (χ4v) is 2.37. The number of carboxylic acids is 1. The zero-order valence-electron chi connectivity index (χ0n) is 12.0. The van der Waals surface area contributed by atoms with Crippen molar-refractivity contribution in [2.75, 3.05) is 12.8 Å². The standard InChI is InChI=1S/C15H20FNO3S/c1-21-13-10-11(7-8-12(13)16)15(20)17-9-5-3-2-4-6-14(18)19/h7-8,10H,2-6,9H2,1H3,(H,17,20)(H,18,19). The zero-order valence-corrected chi connectivity index (χ0v) is 12.8. The van der Waals surface area contributed by atoms with E-state index in [-0.39, 0.29) is 18.1 Å². The number of thioether (sulfide) groups is 1. The van der Waals surface area contributed by atoms with Gasteiger partial charge in [0.2, 0.25) is 0 Å². The minimum absolute atomic E-state index is 0.194. The van der Waals surface area contributed by atoms with Crippen LogP contribution < -0.4 is 5.32 Å².